The second-order valence-corrected chi connectivity index (χ2v) is 7.73. The van der Waals surface area contributed by atoms with Gasteiger partial charge >= 0.3 is 0 Å². The molecule has 0 aliphatic rings. The van der Waals surface area contributed by atoms with Crippen LogP contribution in [0.15, 0.2) is 54.7 Å². The first-order valence-electron chi connectivity index (χ1n) is 7.95. The fourth-order valence-corrected chi connectivity index (χ4v) is 3.52. The molecule has 0 unspecified atom stereocenters. The first kappa shape index (κ1) is 18.4. The fraction of sp³-hybridized carbons (Fsp3) is 0.158. The highest BCUT2D eigenvalue weighted by Crippen LogP contribution is 2.23. The number of amides is 1. The summed E-state index contributed by atoms with van der Waals surface area (Å²) >= 11 is 6.13. The van der Waals surface area contributed by atoms with Crippen LogP contribution in [0.2, 0.25) is 5.02 Å². The summed E-state index contributed by atoms with van der Waals surface area (Å²) in [7, 11) is -1.02. The van der Waals surface area contributed by atoms with Gasteiger partial charge in [0.2, 0.25) is 0 Å². The highest BCUT2D eigenvalue weighted by molar-refractivity contribution is 7.83. The van der Waals surface area contributed by atoms with Crippen LogP contribution in [0.3, 0.4) is 0 Å². The Bertz CT molecular complexity index is 970. The fourth-order valence-electron chi connectivity index (χ4n) is 2.58. The van der Waals surface area contributed by atoms with Crippen molar-refractivity contribution < 1.29 is 9.00 Å². The van der Waals surface area contributed by atoms with E-state index in [2.05, 4.69) is 10.4 Å². The van der Waals surface area contributed by atoms with Gasteiger partial charge < -0.3 is 5.32 Å². The molecule has 0 saturated heterocycles. The maximum absolute atomic E-state index is 12.6. The van der Waals surface area contributed by atoms with Gasteiger partial charge in [-0.1, -0.05) is 29.8 Å². The predicted molar refractivity (Wildman–Crippen MR) is 105 cm³/mol. The first-order valence-corrected chi connectivity index (χ1v) is 10.1. The molecular weight excluding hydrogens is 370 g/mol. The van der Waals surface area contributed by atoms with E-state index in [4.69, 9.17) is 11.6 Å². The molecule has 0 aliphatic carbocycles. The van der Waals surface area contributed by atoms with Gasteiger partial charge in [0.25, 0.3) is 5.91 Å². The lowest BCUT2D eigenvalue weighted by Gasteiger charge is -2.08. The third-order valence-electron chi connectivity index (χ3n) is 3.83. The van der Waals surface area contributed by atoms with E-state index in [0.717, 1.165) is 11.3 Å². The zero-order valence-electron chi connectivity index (χ0n) is 14.4. The van der Waals surface area contributed by atoms with Gasteiger partial charge in [0.1, 0.15) is 0 Å². The summed E-state index contributed by atoms with van der Waals surface area (Å²) in [6, 6.07) is 14.8. The number of anilines is 1. The molecule has 3 aromatic rings. The molecular formula is C19H18ClN3O2S. The lowest BCUT2D eigenvalue weighted by Crippen LogP contribution is -2.12. The summed E-state index contributed by atoms with van der Waals surface area (Å²) in [6.07, 6.45) is 3.32. The average Bonchev–Trinajstić information content (AvgIpc) is 3.00. The molecule has 0 fully saturated rings. The molecule has 134 valence electrons. The predicted octanol–water partition coefficient (Wildman–Crippen LogP) is 3.96. The van der Waals surface area contributed by atoms with E-state index in [1.807, 2.05) is 30.3 Å². The van der Waals surface area contributed by atoms with Crippen molar-refractivity contribution in [3.05, 3.63) is 76.6 Å². The molecule has 1 heterocycles. The monoisotopic (exact) mass is 387 g/mol. The number of hydrogen-bond donors (Lipinski definition) is 1. The van der Waals surface area contributed by atoms with Crippen LogP contribution in [0, 0.1) is 6.92 Å². The molecule has 1 aromatic heterocycles. The largest absolute Gasteiger partial charge is 0.322 e. The highest BCUT2D eigenvalue weighted by Gasteiger charge is 2.15. The molecule has 0 saturated carbocycles. The Balaban J connectivity index is 1.83. The van der Waals surface area contributed by atoms with E-state index in [0.29, 0.717) is 27.7 Å². The smallest absolute Gasteiger partial charge is 0.259 e. The van der Waals surface area contributed by atoms with Crippen LogP contribution in [0.4, 0.5) is 5.69 Å². The molecule has 0 aliphatic heterocycles. The van der Waals surface area contributed by atoms with Gasteiger partial charge in [-0.15, -0.1) is 0 Å². The summed E-state index contributed by atoms with van der Waals surface area (Å²) in [4.78, 5) is 12.6. The minimum absolute atomic E-state index is 0.254. The van der Waals surface area contributed by atoms with Crippen LogP contribution in [0.1, 0.15) is 21.6 Å². The molecule has 0 bridgehead atoms. The molecule has 1 atom stereocenters. The quantitative estimate of drug-likeness (QED) is 0.720. The summed E-state index contributed by atoms with van der Waals surface area (Å²) in [5.41, 5.74) is 3.35. The van der Waals surface area contributed by atoms with Crippen LogP contribution in [-0.2, 0) is 16.6 Å². The Kier molecular flexibility index (Phi) is 5.54. The maximum atomic E-state index is 12.6. The van der Waals surface area contributed by atoms with Gasteiger partial charge in [-0.2, -0.15) is 5.10 Å². The SMILES string of the molecule is Cc1nn(-c2ccccc2)cc1C(=O)Nc1ccc(Cl)c(C[S@@](C)=O)c1. The maximum Gasteiger partial charge on any atom is 0.259 e. The third kappa shape index (κ3) is 4.20. The third-order valence-corrected chi connectivity index (χ3v) is 4.91. The van der Waals surface area contributed by atoms with Gasteiger partial charge in [-0.25, -0.2) is 4.68 Å². The number of aromatic nitrogens is 2. The molecule has 0 radical (unpaired) electrons. The van der Waals surface area contributed by atoms with E-state index < -0.39 is 10.8 Å². The number of rotatable bonds is 5. The number of hydrogen-bond acceptors (Lipinski definition) is 3. The topological polar surface area (TPSA) is 64.0 Å². The Morgan fingerprint density at radius 2 is 1.96 bits per heavy atom. The van der Waals surface area contributed by atoms with E-state index in [9.17, 15) is 9.00 Å². The van der Waals surface area contributed by atoms with Crippen molar-refractivity contribution in [3.63, 3.8) is 0 Å². The number of carbonyl (C=O) groups is 1. The van der Waals surface area contributed by atoms with Crippen molar-refractivity contribution in [2.45, 2.75) is 12.7 Å². The van der Waals surface area contributed by atoms with Crippen molar-refractivity contribution in [1.82, 2.24) is 9.78 Å². The number of nitrogens with zero attached hydrogens (tertiary/aromatic N) is 2. The Hall–Kier alpha value is -2.44. The first-order chi connectivity index (χ1) is 12.4. The van der Waals surface area contributed by atoms with E-state index in [1.54, 1.807) is 42.3 Å². The normalized spacial score (nSPS) is 12.0. The highest BCUT2D eigenvalue weighted by atomic mass is 35.5. The number of halogens is 1. The van der Waals surface area contributed by atoms with Gasteiger partial charge in [-0.3, -0.25) is 9.00 Å². The summed E-state index contributed by atoms with van der Waals surface area (Å²) in [5.74, 6) is 0.0867. The average molecular weight is 388 g/mol. The van der Waals surface area contributed by atoms with Crippen LogP contribution < -0.4 is 5.32 Å². The van der Waals surface area contributed by atoms with Crippen LogP contribution in [-0.4, -0.2) is 26.2 Å². The van der Waals surface area contributed by atoms with Gasteiger partial charge in [0.15, 0.2) is 0 Å². The van der Waals surface area contributed by atoms with E-state index >= 15 is 0 Å². The second kappa shape index (κ2) is 7.85. The molecule has 2 aromatic carbocycles. The van der Waals surface area contributed by atoms with Crippen molar-refractivity contribution in [1.29, 1.82) is 0 Å². The summed E-state index contributed by atoms with van der Waals surface area (Å²) in [6.45, 7) is 1.79. The Morgan fingerprint density at radius 3 is 2.65 bits per heavy atom. The van der Waals surface area contributed by atoms with Crippen molar-refractivity contribution in [2.24, 2.45) is 0 Å². The lowest BCUT2D eigenvalue weighted by molar-refractivity contribution is 0.102. The molecule has 1 N–H and O–H groups in total. The van der Waals surface area contributed by atoms with Crippen molar-refractivity contribution in [3.8, 4) is 5.69 Å². The van der Waals surface area contributed by atoms with Crippen molar-refractivity contribution in [2.75, 3.05) is 11.6 Å². The molecule has 1 amide bonds. The molecule has 7 heteroatoms. The number of aryl methyl sites for hydroxylation is 1. The number of benzene rings is 2. The number of para-hydroxylation sites is 1. The van der Waals surface area contributed by atoms with Gasteiger partial charge in [-0.05, 0) is 42.8 Å². The summed E-state index contributed by atoms with van der Waals surface area (Å²) < 4.78 is 13.1. The minimum Gasteiger partial charge on any atom is -0.322 e. The van der Waals surface area contributed by atoms with E-state index in [-0.39, 0.29) is 5.91 Å². The van der Waals surface area contributed by atoms with E-state index in [1.165, 1.54) is 0 Å². The number of carbonyl (C=O) groups excluding carboxylic acids is 1. The minimum atomic E-state index is -1.02. The van der Waals surface area contributed by atoms with Gasteiger partial charge in [0.05, 0.1) is 16.9 Å². The number of nitrogens with one attached hydrogen (secondary N) is 1. The van der Waals surface area contributed by atoms with Gasteiger partial charge in [0, 0.05) is 39.7 Å². The molecule has 26 heavy (non-hydrogen) atoms. The second-order valence-electron chi connectivity index (χ2n) is 5.89. The van der Waals surface area contributed by atoms with Crippen LogP contribution >= 0.6 is 11.6 Å². The molecule has 0 spiro atoms. The standard InChI is InChI=1S/C19H18ClN3O2S/c1-13-17(11-23(22-13)16-6-4-3-5-7-16)19(24)21-15-8-9-18(20)14(10-15)12-26(2)25/h3-11H,12H2,1-2H3,(H,21,24)/t26-/m1/s1. The lowest BCUT2D eigenvalue weighted by atomic mass is 10.2. The van der Waals surface area contributed by atoms with Crippen LogP contribution in [0.25, 0.3) is 5.69 Å². The zero-order chi connectivity index (χ0) is 18.7. The molecule has 3 rings (SSSR count). The molecule has 5 nitrogen and oxygen atoms in total. The Labute approximate surface area is 159 Å². The zero-order valence-corrected chi connectivity index (χ0v) is 16.0. The van der Waals surface area contributed by atoms with Crippen molar-refractivity contribution >= 4 is 34.0 Å². The Morgan fingerprint density at radius 1 is 1.23 bits per heavy atom. The van der Waals surface area contributed by atoms with Crippen LogP contribution in [0.5, 0.6) is 0 Å². The summed E-state index contributed by atoms with van der Waals surface area (Å²) in [5, 5.41) is 7.80.